The molecule has 0 saturated carbocycles. The predicted octanol–water partition coefficient (Wildman–Crippen LogP) is 5.05. The summed E-state index contributed by atoms with van der Waals surface area (Å²) in [5.41, 5.74) is 0.775. The Morgan fingerprint density at radius 2 is 1.76 bits per heavy atom. The number of imidazole rings is 1. The van der Waals surface area contributed by atoms with E-state index >= 15 is 0 Å². The molecule has 0 aliphatic carbocycles. The topological polar surface area (TPSA) is 113 Å². The lowest BCUT2D eigenvalue weighted by Crippen LogP contribution is -2.52. The van der Waals surface area contributed by atoms with E-state index in [1.54, 1.807) is 18.2 Å². The number of fused-ring (bicyclic) bond motifs is 1. The number of carbonyl (C=O) groups is 3. The summed E-state index contributed by atoms with van der Waals surface area (Å²) in [5, 5.41) is 10.0. The van der Waals surface area contributed by atoms with E-state index in [2.05, 4.69) is 9.97 Å². The maximum atomic E-state index is 14.0. The van der Waals surface area contributed by atoms with Crippen LogP contribution < -0.4 is 0 Å². The number of aromatic nitrogens is 2. The number of nitrogens with one attached hydrogen (secondary N) is 1. The minimum absolute atomic E-state index is 0.0235. The first kappa shape index (κ1) is 24.3. The fourth-order valence-corrected chi connectivity index (χ4v) is 4.74. The number of carbonyl (C=O) groups excluding carboxylic acids is 2. The number of nitrogens with zero attached hydrogens (tertiary/aromatic N) is 2. The second-order valence-electron chi connectivity index (χ2n) is 7.38. The maximum absolute atomic E-state index is 14.0. The van der Waals surface area contributed by atoms with Crippen LogP contribution in [0.2, 0.25) is 20.1 Å². The molecule has 176 valence electrons. The summed E-state index contributed by atoms with van der Waals surface area (Å²) in [6.45, 7) is 0. The summed E-state index contributed by atoms with van der Waals surface area (Å²) in [7, 11) is 1.19. The van der Waals surface area contributed by atoms with Crippen LogP contribution in [0.5, 0.6) is 0 Å². The first-order chi connectivity index (χ1) is 16.1. The van der Waals surface area contributed by atoms with E-state index in [-0.39, 0.29) is 37.6 Å². The monoisotopic (exact) mass is 541 g/mol. The van der Waals surface area contributed by atoms with Crippen LogP contribution in [-0.4, -0.2) is 51.0 Å². The molecule has 1 aliphatic heterocycles. The van der Waals surface area contributed by atoms with Gasteiger partial charge in [-0.15, -0.1) is 0 Å². The lowest BCUT2D eigenvalue weighted by atomic mass is 9.89. The second kappa shape index (κ2) is 9.46. The van der Waals surface area contributed by atoms with E-state index < -0.39 is 29.9 Å². The number of rotatable bonds is 4. The van der Waals surface area contributed by atoms with Crippen molar-refractivity contribution in [2.24, 2.45) is 0 Å². The Balaban J connectivity index is 1.99. The van der Waals surface area contributed by atoms with Gasteiger partial charge in [-0.2, -0.15) is 0 Å². The highest BCUT2D eigenvalue weighted by atomic mass is 35.5. The smallest absolute Gasteiger partial charge is 0.336 e. The van der Waals surface area contributed by atoms with Crippen molar-refractivity contribution in [3.8, 4) is 0 Å². The number of aromatic carboxylic acids is 1. The van der Waals surface area contributed by atoms with Crippen molar-refractivity contribution in [3.05, 3.63) is 84.8 Å². The van der Waals surface area contributed by atoms with E-state index in [1.807, 2.05) is 0 Å². The van der Waals surface area contributed by atoms with Crippen LogP contribution in [0, 0.1) is 0 Å². The SMILES string of the molecule is COC(=O)[C@@H]1Cc2nc[nH]c2C(c2cccc(Cl)c2Cl)N1C(=O)c1cc(Cl)c(Cl)cc1C(=O)O. The van der Waals surface area contributed by atoms with Gasteiger partial charge in [0.2, 0.25) is 0 Å². The molecule has 0 spiro atoms. The van der Waals surface area contributed by atoms with Crippen molar-refractivity contribution in [1.82, 2.24) is 14.9 Å². The number of carboxylic acids is 1. The molecule has 0 radical (unpaired) electrons. The van der Waals surface area contributed by atoms with Crippen molar-refractivity contribution in [1.29, 1.82) is 0 Å². The highest BCUT2D eigenvalue weighted by Crippen LogP contribution is 2.42. The first-order valence-electron chi connectivity index (χ1n) is 9.74. The number of aromatic amines is 1. The summed E-state index contributed by atoms with van der Waals surface area (Å²) in [4.78, 5) is 47.2. The number of ether oxygens (including phenoxy) is 1. The number of hydrogen-bond acceptors (Lipinski definition) is 5. The minimum atomic E-state index is -1.40. The quantitative estimate of drug-likeness (QED) is 0.446. The van der Waals surface area contributed by atoms with E-state index in [4.69, 9.17) is 51.1 Å². The molecule has 1 aromatic heterocycles. The number of carboxylic acid groups (broad SMARTS) is 1. The van der Waals surface area contributed by atoms with Crippen LogP contribution in [0.25, 0.3) is 0 Å². The molecule has 3 aromatic rings. The normalized spacial score (nSPS) is 17.3. The molecule has 0 fully saturated rings. The van der Waals surface area contributed by atoms with E-state index in [9.17, 15) is 19.5 Å². The zero-order valence-electron chi connectivity index (χ0n) is 17.3. The third kappa shape index (κ3) is 4.11. The molecule has 0 bridgehead atoms. The largest absolute Gasteiger partial charge is 0.478 e. The Hall–Kier alpha value is -2.78. The van der Waals surface area contributed by atoms with Crippen molar-refractivity contribution in [2.45, 2.75) is 18.5 Å². The summed E-state index contributed by atoms with van der Waals surface area (Å²) in [6.07, 6.45) is 1.45. The minimum Gasteiger partial charge on any atom is -0.478 e. The van der Waals surface area contributed by atoms with Gasteiger partial charge in [0.05, 0.1) is 56.0 Å². The Bertz CT molecular complexity index is 1330. The molecule has 34 heavy (non-hydrogen) atoms. The summed E-state index contributed by atoms with van der Waals surface area (Å²) >= 11 is 24.9. The van der Waals surface area contributed by atoms with Crippen LogP contribution in [0.15, 0.2) is 36.7 Å². The Kier molecular flexibility index (Phi) is 6.78. The Labute approximate surface area is 213 Å². The lowest BCUT2D eigenvalue weighted by molar-refractivity contribution is -0.147. The van der Waals surface area contributed by atoms with E-state index in [0.29, 0.717) is 17.0 Å². The number of hydrogen-bond donors (Lipinski definition) is 2. The molecule has 2 aromatic carbocycles. The summed E-state index contributed by atoms with van der Waals surface area (Å²) in [6, 6.07) is 5.00. The molecule has 4 rings (SSSR count). The number of esters is 1. The third-order valence-corrected chi connectivity index (χ3v) is 7.09. The fourth-order valence-electron chi connectivity index (χ4n) is 4.00. The number of benzene rings is 2. The number of H-pyrrole nitrogens is 1. The van der Waals surface area contributed by atoms with Gasteiger partial charge in [-0.05, 0) is 18.2 Å². The van der Waals surface area contributed by atoms with Gasteiger partial charge < -0.3 is 19.7 Å². The van der Waals surface area contributed by atoms with Gasteiger partial charge in [0, 0.05) is 12.0 Å². The average molecular weight is 543 g/mol. The van der Waals surface area contributed by atoms with Gasteiger partial charge in [-0.25, -0.2) is 14.6 Å². The van der Waals surface area contributed by atoms with Crippen molar-refractivity contribution in [3.63, 3.8) is 0 Å². The first-order valence-corrected chi connectivity index (χ1v) is 11.3. The van der Waals surface area contributed by atoms with Gasteiger partial charge in [-0.3, -0.25) is 4.79 Å². The van der Waals surface area contributed by atoms with Crippen molar-refractivity contribution >= 4 is 64.2 Å². The third-order valence-electron chi connectivity index (χ3n) is 5.53. The average Bonchev–Trinajstić information content (AvgIpc) is 3.28. The molecule has 1 amide bonds. The summed E-state index contributed by atoms with van der Waals surface area (Å²) in [5.74, 6) is -2.91. The highest BCUT2D eigenvalue weighted by molar-refractivity contribution is 6.43. The molecule has 2 atom stereocenters. The Morgan fingerprint density at radius 1 is 1.09 bits per heavy atom. The lowest BCUT2D eigenvalue weighted by Gasteiger charge is -2.40. The van der Waals surface area contributed by atoms with Crippen molar-refractivity contribution in [2.75, 3.05) is 7.11 Å². The fraction of sp³-hybridized carbons (Fsp3) is 0.182. The van der Waals surface area contributed by atoms with Crippen LogP contribution in [0.1, 0.15) is 43.7 Å². The van der Waals surface area contributed by atoms with Gasteiger partial charge >= 0.3 is 11.9 Å². The number of halogens is 4. The standard InChI is InChI=1S/C22H15Cl4N3O5/c1-34-22(33)16-7-15-18(28-8-27-15)19(9-3-2-4-12(23)17(9)26)29(16)20(30)10-5-13(24)14(25)6-11(10)21(31)32/h2-6,8,16,19H,7H2,1H3,(H,27,28)(H,31,32)/t16-,19?/m0/s1. The van der Waals surface area contributed by atoms with Gasteiger partial charge in [0.1, 0.15) is 12.1 Å². The molecular weight excluding hydrogens is 528 g/mol. The van der Waals surface area contributed by atoms with Crippen LogP contribution in [0.3, 0.4) is 0 Å². The molecule has 0 saturated heterocycles. The molecule has 12 heteroatoms. The van der Waals surface area contributed by atoms with Crippen LogP contribution >= 0.6 is 46.4 Å². The maximum Gasteiger partial charge on any atom is 0.336 e. The zero-order valence-corrected chi connectivity index (χ0v) is 20.3. The van der Waals surface area contributed by atoms with Gasteiger partial charge in [-0.1, -0.05) is 58.5 Å². The summed E-state index contributed by atoms with van der Waals surface area (Å²) < 4.78 is 4.96. The number of amides is 1. The molecule has 8 nitrogen and oxygen atoms in total. The number of methoxy groups -OCH3 is 1. The van der Waals surface area contributed by atoms with E-state index in [1.165, 1.54) is 18.3 Å². The molecule has 2 N–H and O–H groups in total. The van der Waals surface area contributed by atoms with Crippen LogP contribution in [-0.2, 0) is 16.0 Å². The van der Waals surface area contributed by atoms with Crippen LogP contribution in [0.4, 0.5) is 0 Å². The molecule has 2 heterocycles. The van der Waals surface area contributed by atoms with E-state index in [0.717, 1.165) is 12.1 Å². The zero-order chi connectivity index (χ0) is 24.7. The highest BCUT2D eigenvalue weighted by Gasteiger charge is 2.45. The van der Waals surface area contributed by atoms with Gasteiger partial charge in [0.25, 0.3) is 5.91 Å². The van der Waals surface area contributed by atoms with Crippen molar-refractivity contribution < 1.29 is 24.2 Å². The molecular formula is C22H15Cl4N3O5. The Morgan fingerprint density at radius 3 is 2.41 bits per heavy atom. The van der Waals surface area contributed by atoms with Gasteiger partial charge in [0.15, 0.2) is 0 Å². The molecule has 1 aliphatic rings. The molecule has 1 unspecified atom stereocenters. The predicted molar refractivity (Wildman–Crippen MR) is 126 cm³/mol. The second-order valence-corrected chi connectivity index (χ2v) is 8.98.